The molecule has 0 heterocycles. The summed E-state index contributed by atoms with van der Waals surface area (Å²) in [4.78, 5) is 13.5. The van der Waals surface area contributed by atoms with E-state index in [0.717, 1.165) is 27.6 Å². The molecule has 3 aromatic rings. The van der Waals surface area contributed by atoms with Gasteiger partial charge in [-0.15, -0.1) is 0 Å². The topological polar surface area (TPSA) is 63.2 Å². The minimum atomic E-state index is -3.80. The number of ketones is 1. The number of nitrogens with one attached hydrogen (secondary N) is 1. The Morgan fingerprint density at radius 2 is 1.73 bits per heavy atom. The van der Waals surface area contributed by atoms with Crippen LogP contribution in [0.3, 0.4) is 0 Å². The van der Waals surface area contributed by atoms with Crippen LogP contribution in [0.4, 0.5) is 0 Å². The van der Waals surface area contributed by atoms with Gasteiger partial charge in [0.2, 0.25) is 10.0 Å². The maximum absolute atomic E-state index is 13.3. The van der Waals surface area contributed by atoms with Crippen molar-refractivity contribution >= 4 is 31.7 Å². The van der Waals surface area contributed by atoms with Crippen molar-refractivity contribution < 1.29 is 13.2 Å². The van der Waals surface area contributed by atoms with Crippen molar-refractivity contribution in [2.45, 2.75) is 30.7 Å². The van der Waals surface area contributed by atoms with Crippen LogP contribution in [0.5, 0.6) is 0 Å². The van der Waals surface area contributed by atoms with Crippen LogP contribution in [-0.4, -0.2) is 14.2 Å². The fraction of sp³-hybridized carbons (Fsp3) is 0.208. The van der Waals surface area contributed by atoms with Crippen LogP contribution in [0.2, 0.25) is 0 Å². The van der Waals surface area contributed by atoms with Crippen molar-refractivity contribution in [3.8, 4) is 0 Å². The summed E-state index contributed by atoms with van der Waals surface area (Å²) < 4.78 is 30.0. The van der Waals surface area contributed by atoms with E-state index in [9.17, 15) is 13.2 Å². The van der Waals surface area contributed by atoms with Gasteiger partial charge in [-0.05, 0) is 55.2 Å². The highest BCUT2D eigenvalue weighted by atomic mass is 79.9. The number of fused-ring (bicyclic) bond motifs is 1. The van der Waals surface area contributed by atoms with E-state index in [1.54, 1.807) is 24.3 Å². The van der Waals surface area contributed by atoms with Crippen LogP contribution in [0, 0.1) is 12.8 Å². The van der Waals surface area contributed by atoms with Crippen molar-refractivity contribution in [1.29, 1.82) is 0 Å². The number of aryl methyl sites for hydroxylation is 2. The summed E-state index contributed by atoms with van der Waals surface area (Å²) >= 11 is 3.47. The van der Waals surface area contributed by atoms with Gasteiger partial charge in [0.15, 0.2) is 5.78 Å². The van der Waals surface area contributed by atoms with Crippen LogP contribution in [0.1, 0.15) is 39.5 Å². The minimum absolute atomic E-state index is 0.0200. The molecular weight excluding hydrogens is 462 g/mol. The number of sulfonamides is 1. The molecule has 4 rings (SSSR count). The van der Waals surface area contributed by atoms with Crippen LogP contribution >= 0.6 is 15.9 Å². The Hall–Kier alpha value is -2.28. The highest BCUT2D eigenvalue weighted by molar-refractivity contribution is 9.10. The van der Waals surface area contributed by atoms with Gasteiger partial charge in [0.1, 0.15) is 0 Å². The summed E-state index contributed by atoms with van der Waals surface area (Å²) in [5, 5.41) is 0. The molecular formula is C24H22BrNO3S. The Kier molecular flexibility index (Phi) is 5.91. The SMILES string of the molecule is Cc1ccc(S(=O)(=O)N[C@H](c2cccc(Br)c2)[C@@H]2CCc3ccccc3C2=O)cc1. The number of benzene rings is 3. The maximum Gasteiger partial charge on any atom is 0.241 e. The number of hydrogen-bond donors (Lipinski definition) is 1. The largest absolute Gasteiger partial charge is 0.294 e. The van der Waals surface area contributed by atoms with E-state index in [0.29, 0.717) is 12.0 Å². The second-order valence-corrected chi connectivity index (χ2v) is 10.3. The first-order valence-corrected chi connectivity index (χ1v) is 12.1. The molecule has 6 heteroatoms. The molecule has 0 saturated heterocycles. The molecule has 1 aliphatic carbocycles. The minimum Gasteiger partial charge on any atom is -0.294 e. The van der Waals surface area contributed by atoms with Crippen molar-refractivity contribution in [2.75, 3.05) is 0 Å². The zero-order valence-corrected chi connectivity index (χ0v) is 18.9. The van der Waals surface area contributed by atoms with Crippen molar-refractivity contribution in [2.24, 2.45) is 5.92 Å². The van der Waals surface area contributed by atoms with Gasteiger partial charge in [0, 0.05) is 16.0 Å². The first-order chi connectivity index (χ1) is 14.3. The Balaban J connectivity index is 1.74. The summed E-state index contributed by atoms with van der Waals surface area (Å²) in [6, 6.07) is 21.1. The average Bonchev–Trinajstić information content (AvgIpc) is 2.73. The predicted octanol–water partition coefficient (Wildman–Crippen LogP) is 5.22. The molecule has 0 amide bonds. The van der Waals surface area contributed by atoms with Crippen LogP contribution in [0.15, 0.2) is 82.2 Å². The van der Waals surface area contributed by atoms with Crippen LogP contribution in [-0.2, 0) is 16.4 Å². The van der Waals surface area contributed by atoms with Gasteiger partial charge in [-0.1, -0.05) is 70.0 Å². The second-order valence-electron chi connectivity index (χ2n) is 7.63. The molecule has 4 nitrogen and oxygen atoms in total. The molecule has 30 heavy (non-hydrogen) atoms. The summed E-state index contributed by atoms with van der Waals surface area (Å²) in [6.07, 6.45) is 1.33. The monoisotopic (exact) mass is 483 g/mol. The van der Waals surface area contributed by atoms with Crippen molar-refractivity contribution in [3.05, 3.63) is 99.5 Å². The molecule has 0 aliphatic heterocycles. The van der Waals surface area contributed by atoms with Gasteiger partial charge in [0.05, 0.1) is 10.9 Å². The number of hydrogen-bond acceptors (Lipinski definition) is 3. The molecule has 0 radical (unpaired) electrons. The van der Waals surface area contributed by atoms with Gasteiger partial charge >= 0.3 is 0 Å². The highest BCUT2D eigenvalue weighted by Crippen LogP contribution is 2.36. The number of Topliss-reactive ketones (excluding diaryl/α,β-unsaturated/α-hetero) is 1. The summed E-state index contributed by atoms with van der Waals surface area (Å²) in [5.74, 6) is -0.497. The van der Waals surface area contributed by atoms with E-state index in [1.807, 2.05) is 55.5 Å². The van der Waals surface area contributed by atoms with Crippen LogP contribution in [0.25, 0.3) is 0 Å². The molecule has 0 saturated carbocycles. The Bertz CT molecular complexity index is 1190. The molecule has 0 spiro atoms. The Morgan fingerprint density at radius 3 is 2.47 bits per heavy atom. The lowest BCUT2D eigenvalue weighted by Crippen LogP contribution is -2.39. The molecule has 2 atom stereocenters. The van der Waals surface area contributed by atoms with E-state index >= 15 is 0 Å². The number of rotatable bonds is 5. The average molecular weight is 484 g/mol. The lowest BCUT2D eigenvalue weighted by Gasteiger charge is -2.31. The number of carbonyl (C=O) groups excluding carboxylic acids is 1. The summed E-state index contributed by atoms with van der Waals surface area (Å²) in [7, 11) is -3.80. The first-order valence-electron chi connectivity index (χ1n) is 9.82. The maximum atomic E-state index is 13.3. The molecule has 0 aromatic heterocycles. The van der Waals surface area contributed by atoms with Gasteiger partial charge in [-0.3, -0.25) is 4.79 Å². The molecule has 3 aromatic carbocycles. The third kappa shape index (κ3) is 4.26. The van der Waals surface area contributed by atoms with Gasteiger partial charge in [-0.25, -0.2) is 13.1 Å². The van der Waals surface area contributed by atoms with Gasteiger partial charge in [0.25, 0.3) is 0 Å². The molecule has 1 aliphatic rings. The van der Waals surface area contributed by atoms with Gasteiger partial charge < -0.3 is 0 Å². The van der Waals surface area contributed by atoms with E-state index < -0.39 is 22.0 Å². The van der Waals surface area contributed by atoms with E-state index in [4.69, 9.17) is 0 Å². The summed E-state index contributed by atoms with van der Waals surface area (Å²) in [5.41, 5.74) is 3.45. The number of halogens is 1. The van der Waals surface area contributed by atoms with E-state index in [1.165, 1.54) is 0 Å². The van der Waals surface area contributed by atoms with E-state index in [2.05, 4.69) is 20.7 Å². The lowest BCUT2D eigenvalue weighted by atomic mass is 9.77. The van der Waals surface area contributed by atoms with Crippen molar-refractivity contribution in [3.63, 3.8) is 0 Å². The molecule has 0 bridgehead atoms. The lowest BCUT2D eigenvalue weighted by molar-refractivity contribution is 0.0875. The molecule has 1 N–H and O–H groups in total. The predicted molar refractivity (Wildman–Crippen MR) is 121 cm³/mol. The quantitative estimate of drug-likeness (QED) is 0.540. The highest BCUT2D eigenvalue weighted by Gasteiger charge is 2.36. The van der Waals surface area contributed by atoms with E-state index in [-0.39, 0.29) is 10.7 Å². The third-order valence-corrected chi connectivity index (χ3v) is 7.52. The molecule has 154 valence electrons. The third-order valence-electron chi connectivity index (χ3n) is 5.57. The number of carbonyl (C=O) groups is 1. The Labute approximate surface area is 185 Å². The smallest absolute Gasteiger partial charge is 0.241 e. The zero-order chi connectivity index (χ0) is 21.3. The molecule has 0 unspecified atom stereocenters. The molecule has 0 fully saturated rings. The van der Waals surface area contributed by atoms with Crippen LogP contribution < -0.4 is 4.72 Å². The van der Waals surface area contributed by atoms with Gasteiger partial charge in [-0.2, -0.15) is 0 Å². The van der Waals surface area contributed by atoms with Crippen molar-refractivity contribution in [1.82, 2.24) is 4.72 Å². The standard InChI is InChI=1S/C24H22BrNO3S/c1-16-9-12-20(13-10-16)30(28,29)26-23(18-6-4-7-19(25)15-18)22-14-11-17-5-2-3-8-21(17)24(22)27/h2-10,12-13,15,22-23,26H,11,14H2,1H3/t22-,23+/m0/s1. The Morgan fingerprint density at radius 1 is 1.00 bits per heavy atom. The first kappa shape index (κ1) is 21.0. The normalized spacial score (nSPS) is 17.4. The zero-order valence-electron chi connectivity index (χ0n) is 16.5. The summed E-state index contributed by atoms with van der Waals surface area (Å²) in [6.45, 7) is 1.91. The fourth-order valence-corrected chi connectivity index (χ4v) is 5.66. The second kappa shape index (κ2) is 8.46. The fourth-order valence-electron chi connectivity index (χ4n) is 3.97.